The Balaban J connectivity index is 0.868. The Hall–Kier alpha value is -6.59. The van der Waals surface area contributed by atoms with Crippen LogP contribution in [-0.4, -0.2) is 118 Å². The van der Waals surface area contributed by atoms with Gasteiger partial charge in [0.1, 0.15) is 24.7 Å². The fraction of sp³-hybridized carbons (Fsp3) is 0.417. The number of nitrogens with zero attached hydrogens (tertiary/aromatic N) is 5. The van der Waals surface area contributed by atoms with E-state index in [1.54, 1.807) is 32.1 Å². The Morgan fingerprint density at radius 3 is 2.27 bits per heavy atom. The van der Waals surface area contributed by atoms with Crippen LogP contribution in [0.3, 0.4) is 0 Å². The first kappa shape index (κ1) is 46.0. The highest BCUT2D eigenvalue weighted by molar-refractivity contribution is 6.30. The molecule has 4 aromatic rings. The maximum absolute atomic E-state index is 13.8. The zero-order valence-electron chi connectivity index (χ0n) is 37.6. The highest BCUT2D eigenvalue weighted by Crippen LogP contribution is 2.35. The van der Waals surface area contributed by atoms with Crippen molar-refractivity contribution >= 4 is 47.2 Å². The van der Waals surface area contributed by atoms with Crippen LogP contribution in [0.4, 0.5) is 14.4 Å². The van der Waals surface area contributed by atoms with Gasteiger partial charge < -0.3 is 49.5 Å². The van der Waals surface area contributed by atoms with Crippen molar-refractivity contribution in [1.82, 2.24) is 45.7 Å². The number of aromatic nitrogens is 2. The van der Waals surface area contributed by atoms with Crippen molar-refractivity contribution in [3.63, 3.8) is 0 Å². The predicted octanol–water partition coefficient (Wildman–Crippen LogP) is 6.82. The number of hydrogen-bond donors (Lipinski definition) is 4. The molecule has 2 saturated heterocycles. The normalized spacial score (nSPS) is 19.7. The molecule has 0 radical (unpaired) electrons. The fourth-order valence-corrected chi connectivity index (χ4v) is 9.47. The summed E-state index contributed by atoms with van der Waals surface area (Å²) in [4.78, 5) is 85.6. The monoisotopic (exact) mass is 921 g/mol. The topological polar surface area (TPSA) is 191 Å². The molecule has 6 amide bonds. The van der Waals surface area contributed by atoms with E-state index >= 15 is 0 Å². The third-order valence-electron chi connectivity index (χ3n) is 12.9. The van der Waals surface area contributed by atoms with E-state index in [2.05, 4.69) is 67.2 Å². The minimum atomic E-state index is -0.707. The van der Waals surface area contributed by atoms with Gasteiger partial charge >= 0.3 is 18.2 Å². The van der Waals surface area contributed by atoms with E-state index in [9.17, 15) is 24.0 Å². The van der Waals surface area contributed by atoms with Crippen molar-refractivity contribution in [2.75, 3.05) is 40.5 Å². The van der Waals surface area contributed by atoms with Crippen LogP contribution >= 0.6 is 11.6 Å². The summed E-state index contributed by atoms with van der Waals surface area (Å²) in [5.74, 6) is 0.131. The lowest BCUT2D eigenvalue weighted by atomic mass is 9.95. The number of carbonyl (C=O) groups is 5. The molecule has 348 valence electrons. The highest BCUT2D eigenvalue weighted by Gasteiger charge is 2.41. The van der Waals surface area contributed by atoms with Gasteiger partial charge in [0.15, 0.2) is 0 Å². The number of H-pyrrole nitrogens is 1. The summed E-state index contributed by atoms with van der Waals surface area (Å²) in [6, 6.07) is 20.7. The quantitative estimate of drug-likeness (QED) is 0.124. The number of likely N-dealkylation sites (tertiary alicyclic amines) is 1. The number of ether oxygens (including phenoxy) is 2. The summed E-state index contributed by atoms with van der Waals surface area (Å²) in [5.41, 5.74) is 11.2. The average molecular weight is 922 g/mol. The fourth-order valence-electron chi connectivity index (χ4n) is 9.27. The summed E-state index contributed by atoms with van der Waals surface area (Å²) in [6.45, 7) is 5.44. The number of alkyl carbamates (subject to hydrolysis) is 2. The molecule has 0 aliphatic carbocycles. The van der Waals surface area contributed by atoms with Crippen molar-refractivity contribution in [1.29, 1.82) is 0 Å². The SMILES string of the molecule is COC(=O)NCC(=O)N1CN(C(=O)N2Cc3ccc(Cl)cc3C2)C[C@H]1CC1CCC(c2ccc(-c3ccc(-c4cnc(C5CCCN5C(=O)C(NC(=O)OC)C(C)C)[nH]4)cc3)cc2)=CON1. The smallest absolute Gasteiger partial charge is 0.407 e. The summed E-state index contributed by atoms with van der Waals surface area (Å²) in [6.07, 6.45) is 5.76. The molecule has 4 N–H and O–H groups in total. The molecule has 66 heavy (non-hydrogen) atoms. The standard InChI is InChI=1S/C48H56ClN9O8/c1-29(2)43(53-47(62)65-4)45(60)57-19-5-6-41(57)44-50-22-40(52-44)33-13-11-31(12-14-33)30-7-9-32(10-8-30)35-16-18-38(54-66-27-35)21-39-26-56(28-58(39)42(59)23-51-46(61)64-3)48(63)55-24-34-15-17-37(49)20-36(34)25-55/h7-15,17,20,22,27,29,38-39,41,43,54H,5-6,16,18-19,21,23-26,28H2,1-4H3,(H,50,52)(H,51,61)(H,53,62)/t38?,39-,41?,43?/m1/s1. The summed E-state index contributed by atoms with van der Waals surface area (Å²) < 4.78 is 9.44. The van der Waals surface area contributed by atoms with Gasteiger partial charge in [-0.2, -0.15) is 5.48 Å². The lowest BCUT2D eigenvalue weighted by molar-refractivity contribution is -0.135. The second-order valence-electron chi connectivity index (χ2n) is 17.5. The van der Waals surface area contributed by atoms with Crippen molar-refractivity contribution in [2.24, 2.45) is 5.92 Å². The van der Waals surface area contributed by atoms with Crippen LogP contribution in [0.15, 0.2) is 79.2 Å². The van der Waals surface area contributed by atoms with Crippen LogP contribution in [0.2, 0.25) is 5.02 Å². The molecule has 4 aliphatic heterocycles. The van der Waals surface area contributed by atoms with Crippen molar-refractivity contribution in [3.8, 4) is 22.4 Å². The molecule has 4 aliphatic rings. The van der Waals surface area contributed by atoms with E-state index in [1.807, 2.05) is 44.2 Å². The average Bonchev–Trinajstić information content (AvgIpc) is 4.15. The molecule has 0 spiro atoms. The second kappa shape index (κ2) is 20.3. The Morgan fingerprint density at radius 2 is 1.56 bits per heavy atom. The molecule has 2 fully saturated rings. The number of halogens is 1. The zero-order chi connectivity index (χ0) is 46.5. The molecule has 5 heterocycles. The number of allylic oxidation sites excluding steroid dienone is 1. The van der Waals surface area contributed by atoms with Gasteiger partial charge in [0.05, 0.1) is 44.9 Å². The Kier molecular flexibility index (Phi) is 14.1. The van der Waals surface area contributed by atoms with E-state index in [1.165, 1.54) is 14.2 Å². The molecule has 3 aromatic carbocycles. The van der Waals surface area contributed by atoms with Crippen LogP contribution in [0.1, 0.15) is 74.5 Å². The van der Waals surface area contributed by atoms with Gasteiger partial charge in [-0.25, -0.2) is 19.4 Å². The van der Waals surface area contributed by atoms with Gasteiger partial charge in [0.25, 0.3) is 0 Å². The number of carbonyl (C=O) groups excluding carboxylic acids is 5. The number of nitrogens with one attached hydrogen (secondary N) is 4. The van der Waals surface area contributed by atoms with Gasteiger partial charge in [-0.05, 0) is 89.1 Å². The highest BCUT2D eigenvalue weighted by atomic mass is 35.5. The van der Waals surface area contributed by atoms with Crippen molar-refractivity contribution in [3.05, 3.63) is 107 Å². The molecular formula is C48H56ClN9O8. The number of methoxy groups -OCH3 is 2. The minimum absolute atomic E-state index is 0.0938. The van der Waals surface area contributed by atoms with Gasteiger partial charge in [0, 0.05) is 37.2 Å². The van der Waals surface area contributed by atoms with Gasteiger partial charge in [-0.3, -0.25) is 9.59 Å². The third kappa shape index (κ3) is 10.3. The number of fused-ring (bicyclic) bond motifs is 1. The predicted molar refractivity (Wildman–Crippen MR) is 246 cm³/mol. The largest absolute Gasteiger partial charge is 0.453 e. The third-order valence-corrected chi connectivity index (χ3v) is 13.1. The Labute approximate surface area is 388 Å². The number of hydroxylamine groups is 1. The van der Waals surface area contributed by atoms with E-state index in [4.69, 9.17) is 21.2 Å². The zero-order valence-corrected chi connectivity index (χ0v) is 38.3. The lowest BCUT2D eigenvalue weighted by Crippen LogP contribution is -2.51. The first-order valence-corrected chi connectivity index (χ1v) is 22.7. The van der Waals surface area contributed by atoms with Gasteiger partial charge in [-0.15, -0.1) is 0 Å². The van der Waals surface area contributed by atoms with Gasteiger partial charge in [0.2, 0.25) is 11.8 Å². The maximum atomic E-state index is 13.8. The van der Waals surface area contributed by atoms with Crippen LogP contribution in [-0.2, 0) is 37.0 Å². The first-order valence-electron chi connectivity index (χ1n) is 22.3. The van der Waals surface area contributed by atoms with Gasteiger partial charge in [-0.1, -0.05) is 80.0 Å². The summed E-state index contributed by atoms with van der Waals surface area (Å²) in [5, 5.41) is 5.79. The first-order chi connectivity index (χ1) is 31.9. The molecule has 17 nitrogen and oxygen atoms in total. The number of rotatable bonds is 11. The van der Waals surface area contributed by atoms with Crippen molar-refractivity contribution < 1.29 is 38.3 Å². The maximum Gasteiger partial charge on any atom is 0.407 e. The molecular weight excluding hydrogens is 866 g/mol. The number of amides is 6. The minimum Gasteiger partial charge on any atom is -0.453 e. The van der Waals surface area contributed by atoms with Crippen molar-refractivity contribution in [2.45, 2.75) is 83.2 Å². The number of imidazole rings is 1. The number of aromatic amines is 1. The van der Waals surface area contributed by atoms with E-state index < -0.39 is 18.2 Å². The Bertz CT molecular complexity index is 2460. The van der Waals surface area contributed by atoms with E-state index in [0.29, 0.717) is 43.4 Å². The molecule has 0 bridgehead atoms. The molecule has 18 heteroatoms. The molecule has 1 aromatic heterocycles. The lowest BCUT2D eigenvalue weighted by Gasteiger charge is -2.30. The number of benzene rings is 3. The van der Waals surface area contributed by atoms with Crippen LogP contribution < -0.4 is 16.1 Å². The molecule has 4 atom stereocenters. The van der Waals surface area contributed by atoms with Crippen LogP contribution in [0.25, 0.3) is 28.0 Å². The summed E-state index contributed by atoms with van der Waals surface area (Å²) >= 11 is 6.22. The molecule has 0 saturated carbocycles. The number of hydrogen-bond acceptors (Lipinski definition) is 10. The second-order valence-corrected chi connectivity index (χ2v) is 17.9. The van der Waals surface area contributed by atoms with Crippen LogP contribution in [0, 0.1) is 5.92 Å². The summed E-state index contributed by atoms with van der Waals surface area (Å²) in [7, 11) is 2.52. The number of urea groups is 1. The Morgan fingerprint density at radius 1 is 0.864 bits per heavy atom. The van der Waals surface area contributed by atoms with Crippen LogP contribution in [0.5, 0.6) is 0 Å². The van der Waals surface area contributed by atoms with E-state index in [-0.39, 0.29) is 55.1 Å². The molecule has 8 rings (SSSR count). The molecule has 3 unspecified atom stereocenters. The van der Waals surface area contributed by atoms with E-state index in [0.717, 1.165) is 70.3 Å².